The molecule has 0 saturated heterocycles. The molecule has 1 atom stereocenters. The minimum atomic E-state index is -0.866. The molecule has 26 heavy (non-hydrogen) atoms. The molecule has 0 aliphatic carbocycles. The summed E-state index contributed by atoms with van der Waals surface area (Å²) < 4.78 is 4.84. The number of nitrogens with zero attached hydrogens (tertiary/aromatic N) is 1. The minimum absolute atomic E-state index is 0.0306. The second-order valence-electron chi connectivity index (χ2n) is 5.93. The van der Waals surface area contributed by atoms with Crippen molar-refractivity contribution in [1.82, 2.24) is 10.2 Å². The Hall–Kier alpha value is -2.12. The van der Waals surface area contributed by atoms with Gasteiger partial charge in [0.2, 0.25) is 0 Å². The molecule has 1 aliphatic heterocycles. The number of benzene rings is 1. The van der Waals surface area contributed by atoms with E-state index in [0.717, 1.165) is 17.7 Å². The Morgan fingerprint density at radius 1 is 1.15 bits per heavy atom. The van der Waals surface area contributed by atoms with Gasteiger partial charge in [-0.3, -0.25) is 24.1 Å². The van der Waals surface area contributed by atoms with Crippen LogP contribution in [-0.4, -0.2) is 47.8 Å². The molecule has 3 amide bonds. The van der Waals surface area contributed by atoms with Gasteiger partial charge in [-0.15, -0.1) is 0 Å². The third-order valence-corrected chi connectivity index (χ3v) is 4.51. The maximum absolute atomic E-state index is 12.3. The van der Waals surface area contributed by atoms with E-state index in [4.69, 9.17) is 27.9 Å². The summed E-state index contributed by atoms with van der Waals surface area (Å²) in [6, 6.07) is 2.54. The van der Waals surface area contributed by atoms with Gasteiger partial charge in [0.15, 0.2) is 6.61 Å². The standard InChI is InChI=1S/C17H18Cl2N2O5/c1-3-4-9(2)20-14(22)8-26-15(23)7-21-16(24)10-5-12(18)13(19)6-11(10)17(21)25/h5-6,9H,3-4,7-8H2,1-2H3,(H,20,22)/t9-/m1/s1. The summed E-state index contributed by atoms with van der Waals surface area (Å²) in [5, 5.41) is 2.95. The fourth-order valence-electron chi connectivity index (χ4n) is 2.57. The molecule has 1 aliphatic rings. The van der Waals surface area contributed by atoms with Crippen molar-refractivity contribution in [2.45, 2.75) is 32.7 Å². The molecular formula is C17H18Cl2N2O5. The lowest BCUT2D eigenvalue weighted by molar-refractivity contribution is -0.148. The second kappa shape index (κ2) is 8.51. The molecule has 1 aromatic rings. The fourth-order valence-corrected chi connectivity index (χ4v) is 2.90. The summed E-state index contributed by atoms with van der Waals surface area (Å²) in [7, 11) is 0. The SMILES string of the molecule is CCC[C@@H](C)NC(=O)COC(=O)CN1C(=O)c2cc(Cl)c(Cl)cc2C1=O. The second-order valence-corrected chi connectivity index (χ2v) is 6.74. The van der Waals surface area contributed by atoms with Gasteiger partial charge < -0.3 is 10.1 Å². The van der Waals surface area contributed by atoms with Crippen molar-refractivity contribution in [2.24, 2.45) is 0 Å². The Balaban J connectivity index is 1.93. The first kappa shape index (κ1) is 20.2. The third kappa shape index (κ3) is 4.53. The Kier molecular flexibility index (Phi) is 6.61. The summed E-state index contributed by atoms with van der Waals surface area (Å²) in [5.41, 5.74) is 0.145. The van der Waals surface area contributed by atoms with Crippen molar-refractivity contribution < 1.29 is 23.9 Å². The van der Waals surface area contributed by atoms with Crippen LogP contribution >= 0.6 is 23.2 Å². The van der Waals surface area contributed by atoms with E-state index in [1.54, 1.807) is 0 Å². The monoisotopic (exact) mass is 400 g/mol. The van der Waals surface area contributed by atoms with Crippen LogP contribution in [0.3, 0.4) is 0 Å². The van der Waals surface area contributed by atoms with Gasteiger partial charge in [0, 0.05) is 6.04 Å². The molecule has 2 rings (SSSR count). The van der Waals surface area contributed by atoms with E-state index in [1.807, 2.05) is 13.8 Å². The Morgan fingerprint density at radius 2 is 1.69 bits per heavy atom. The van der Waals surface area contributed by atoms with Crippen LogP contribution in [-0.2, 0) is 14.3 Å². The highest BCUT2D eigenvalue weighted by molar-refractivity contribution is 6.43. The number of fused-ring (bicyclic) bond motifs is 1. The zero-order chi connectivity index (χ0) is 19.4. The first-order valence-corrected chi connectivity index (χ1v) is 8.80. The van der Waals surface area contributed by atoms with Gasteiger partial charge in [0.25, 0.3) is 17.7 Å². The van der Waals surface area contributed by atoms with E-state index in [9.17, 15) is 19.2 Å². The number of amides is 3. The lowest BCUT2D eigenvalue weighted by Crippen LogP contribution is -2.39. The Bertz CT molecular complexity index is 725. The number of esters is 1. The highest BCUT2D eigenvalue weighted by Gasteiger charge is 2.37. The topological polar surface area (TPSA) is 92.8 Å². The smallest absolute Gasteiger partial charge is 0.326 e. The van der Waals surface area contributed by atoms with Crippen LogP contribution in [0, 0.1) is 0 Å². The zero-order valence-corrected chi connectivity index (χ0v) is 15.8. The van der Waals surface area contributed by atoms with E-state index in [-0.39, 0.29) is 27.2 Å². The van der Waals surface area contributed by atoms with Gasteiger partial charge >= 0.3 is 5.97 Å². The molecule has 0 spiro atoms. The summed E-state index contributed by atoms with van der Waals surface area (Å²) in [6.45, 7) is 2.76. The van der Waals surface area contributed by atoms with Crippen molar-refractivity contribution >= 4 is 46.9 Å². The molecule has 1 N–H and O–H groups in total. The first-order chi connectivity index (χ1) is 12.2. The van der Waals surface area contributed by atoms with Crippen LogP contribution in [0.2, 0.25) is 10.0 Å². The molecule has 9 heteroatoms. The van der Waals surface area contributed by atoms with Gasteiger partial charge in [0.1, 0.15) is 6.54 Å². The maximum atomic E-state index is 12.3. The van der Waals surface area contributed by atoms with Crippen LogP contribution in [0.4, 0.5) is 0 Å². The van der Waals surface area contributed by atoms with Gasteiger partial charge in [-0.25, -0.2) is 0 Å². The Labute approximate surface area is 160 Å². The van der Waals surface area contributed by atoms with Crippen molar-refractivity contribution in [2.75, 3.05) is 13.2 Å². The first-order valence-electron chi connectivity index (χ1n) is 8.04. The molecule has 0 bridgehead atoms. The third-order valence-electron chi connectivity index (χ3n) is 3.79. The van der Waals surface area contributed by atoms with Crippen molar-refractivity contribution in [3.8, 4) is 0 Å². The summed E-state index contributed by atoms with van der Waals surface area (Å²) in [5.74, 6) is -2.64. The number of hydrogen-bond acceptors (Lipinski definition) is 5. The molecule has 0 unspecified atom stereocenters. The number of halogens is 2. The summed E-state index contributed by atoms with van der Waals surface area (Å²) in [6.07, 6.45) is 1.72. The van der Waals surface area contributed by atoms with Crippen LogP contribution in [0.25, 0.3) is 0 Å². The summed E-state index contributed by atoms with van der Waals surface area (Å²) in [4.78, 5) is 48.9. The zero-order valence-electron chi connectivity index (χ0n) is 14.3. The number of imide groups is 1. The van der Waals surface area contributed by atoms with Gasteiger partial charge in [-0.05, 0) is 25.5 Å². The van der Waals surface area contributed by atoms with Crippen molar-refractivity contribution in [1.29, 1.82) is 0 Å². The molecule has 7 nitrogen and oxygen atoms in total. The minimum Gasteiger partial charge on any atom is -0.454 e. The molecule has 0 saturated carbocycles. The van der Waals surface area contributed by atoms with E-state index in [0.29, 0.717) is 0 Å². The largest absolute Gasteiger partial charge is 0.454 e. The molecular weight excluding hydrogens is 383 g/mol. The fraction of sp³-hybridized carbons (Fsp3) is 0.412. The molecule has 0 fully saturated rings. The molecule has 0 aromatic heterocycles. The van der Waals surface area contributed by atoms with Gasteiger partial charge in [-0.1, -0.05) is 36.5 Å². The average Bonchev–Trinajstić information content (AvgIpc) is 2.78. The maximum Gasteiger partial charge on any atom is 0.326 e. The molecule has 1 aromatic carbocycles. The number of hydrogen-bond donors (Lipinski definition) is 1. The van der Waals surface area contributed by atoms with Crippen LogP contribution in [0.1, 0.15) is 47.4 Å². The number of carbonyl (C=O) groups excluding carboxylic acids is 4. The lowest BCUT2D eigenvalue weighted by atomic mass is 10.1. The van der Waals surface area contributed by atoms with E-state index >= 15 is 0 Å². The summed E-state index contributed by atoms with van der Waals surface area (Å²) >= 11 is 11.7. The van der Waals surface area contributed by atoms with Gasteiger partial charge in [-0.2, -0.15) is 0 Å². The van der Waals surface area contributed by atoms with E-state index < -0.39 is 36.8 Å². The lowest BCUT2D eigenvalue weighted by Gasteiger charge is -2.14. The van der Waals surface area contributed by atoms with E-state index in [1.165, 1.54) is 12.1 Å². The van der Waals surface area contributed by atoms with Crippen LogP contribution in [0.5, 0.6) is 0 Å². The van der Waals surface area contributed by atoms with Crippen LogP contribution < -0.4 is 5.32 Å². The normalized spacial score (nSPS) is 14.2. The molecule has 140 valence electrons. The average molecular weight is 401 g/mol. The quantitative estimate of drug-likeness (QED) is 0.560. The molecule has 0 radical (unpaired) electrons. The number of ether oxygens (including phenoxy) is 1. The predicted octanol–water partition coefficient (Wildman–Crippen LogP) is 2.44. The van der Waals surface area contributed by atoms with Crippen molar-refractivity contribution in [3.63, 3.8) is 0 Å². The number of nitrogens with one attached hydrogen (secondary N) is 1. The van der Waals surface area contributed by atoms with Crippen molar-refractivity contribution in [3.05, 3.63) is 33.3 Å². The highest BCUT2D eigenvalue weighted by Crippen LogP contribution is 2.31. The number of carbonyl (C=O) groups is 4. The van der Waals surface area contributed by atoms with E-state index in [2.05, 4.69) is 5.32 Å². The van der Waals surface area contributed by atoms with Gasteiger partial charge in [0.05, 0.1) is 21.2 Å². The molecule has 1 heterocycles. The predicted molar refractivity (Wildman–Crippen MR) is 95.3 cm³/mol. The Morgan fingerprint density at radius 3 is 2.19 bits per heavy atom. The number of rotatable bonds is 7. The highest BCUT2D eigenvalue weighted by atomic mass is 35.5. The van der Waals surface area contributed by atoms with Crippen LogP contribution in [0.15, 0.2) is 12.1 Å².